The number of hydrogen-bond donors (Lipinski definition) is 4. The monoisotopic (exact) mass is 728 g/mol. The molecule has 2 saturated heterocycles. The number of hydrazone groups is 4. The standard InChI is InChI=1S/C38H32N8O8/c47-35-31-32(52-21-51-31)36(48)44-41-19-25-5-13-29(14-6-25)30-15-7-26(8-16-30)20-42-46-38(50)34-33(53-22-54-34)37(49)45-40-18-24-3-11-28(12-4-24)27-9-1-23(2-10-27)17-39-43-35/h1-20,31-34H,21-22H2,(H,43,47)(H,44,48)(H,45,49)(H,46,50)/b39-17-,40-18?,41-19?,42-20-/t31-,32-,33-,34-/m1/s1. The molecule has 4 atom stereocenters. The van der Waals surface area contributed by atoms with E-state index in [0.717, 1.165) is 22.3 Å². The summed E-state index contributed by atoms with van der Waals surface area (Å²) in [5, 5.41) is 16.0. The predicted molar refractivity (Wildman–Crippen MR) is 196 cm³/mol. The SMILES string of the molecule is O=C1NN=Cc2ccc(cc2)-c2ccc(cc2)/C=N\NC(=O)[C@@H]2OCO[C@H]2C(=O)NN=Cc2ccc(cc2)-c2ccc(cc2)/C=N\NC(=O)[C@@H]2OCO[C@@H]12. The highest BCUT2D eigenvalue weighted by atomic mass is 16.7. The maximum Gasteiger partial charge on any atom is 0.272 e. The number of carbonyl (C=O) groups is 4. The molecule has 0 saturated carbocycles. The summed E-state index contributed by atoms with van der Waals surface area (Å²) in [7, 11) is 0. The van der Waals surface area contributed by atoms with Crippen LogP contribution in [0.25, 0.3) is 22.3 Å². The van der Waals surface area contributed by atoms with Crippen LogP contribution in [0.2, 0.25) is 0 Å². The molecule has 0 unspecified atom stereocenters. The van der Waals surface area contributed by atoms with Gasteiger partial charge in [-0.25, -0.2) is 21.7 Å². The van der Waals surface area contributed by atoms with E-state index in [1.54, 1.807) is 0 Å². The molecule has 272 valence electrons. The first kappa shape index (κ1) is 35.7. The van der Waals surface area contributed by atoms with Crippen molar-refractivity contribution in [2.75, 3.05) is 13.6 Å². The third kappa shape index (κ3) is 8.66. The van der Waals surface area contributed by atoms with Gasteiger partial charge in [0.05, 0.1) is 24.9 Å². The Morgan fingerprint density at radius 1 is 0.352 bits per heavy atom. The van der Waals surface area contributed by atoms with E-state index < -0.39 is 48.0 Å². The van der Waals surface area contributed by atoms with E-state index in [1.165, 1.54) is 24.9 Å². The third-order valence-corrected chi connectivity index (χ3v) is 8.44. The highest BCUT2D eigenvalue weighted by Gasteiger charge is 2.41. The molecule has 2 fully saturated rings. The summed E-state index contributed by atoms with van der Waals surface area (Å²) < 4.78 is 21.4. The van der Waals surface area contributed by atoms with Crippen LogP contribution in [0.5, 0.6) is 0 Å². The van der Waals surface area contributed by atoms with Crippen molar-refractivity contribution in [2.24, 2.45) is 20.4 Å². The van der Waals surface area contributed by atoms with Crippen LogP contribution in [-0.2, 0) is 38.1 Å². The average molecular weight is 729 g/mol. The Labute approximate surface area is 307 Å². The van der Waals surface area contributed by atoms with Gasteiger partial charge in [-0.1, -0.05) is 97.1 Å². The molecule has 16 heteroatoms. The van der Waals surface area contributed by atoms with Crippen molar-refractivity contribution in [2.45, 2.75) is 24.4 Å². The molecule has 0 aliphatic carbocycles. The summed E-state index contributed by atoms with van der Waals surface area (Å²) in [5.74, 6) is -2.60. The van der Waals surface area contributed by atoms with E-state index >= 15 is 0 Å². The van der Waals surface area contributed by atoms with Gasteiger partial charge in [0.2, 0.25) is 0 Å². The van der Waals surface area contributed by atoms with Crippen LogP contribution in [0.3, 0.4) is 0 Å². The molecule has 4 N–H and O–H groups in total. The Hall–Kier alpha value is -6.72. The van der Waals surface area contributed by atoms with Gasteiger partial charge in [0.1, 0.15) is 13.6 Å². The van der Waals surface area contributed by atoms with Crippen molar-refractivity contribution in [1.29, 1.82) is 0 Å². The van der Waals surface area contributed by atoms with E-state index in [-0.39, 0.29) is 13.6 Å². The number of rotatable bonds is 0. The largest absolute Gasteiger partial charge is 0.339 e. The minimum atomic E-state index is -1.22. The van der Waals surface area contributed by atoms with Crippen molar-refractivity contribution in [1.82, 2.24) is 21.7 Å². The molecular weight excluding hydrogens is 696 g/mol. The summed E-state index contributed by atoms with van der Waals surface area (Å²) in [4.78, 5) is 51.2. The van der Waals surface area contributed by atoms with Gasteiger partial charge in [0.25, 0.3) is 23.6 Å². The lowest BCUT2D eigenvalue weighted by atomic mass is 10.0. The van der Waals surface area contributed by atoms with Crippen LogP contribution >= 0.6 is 0 Å². The number of hydrogen-bond acceptors (Lipinski definition) is 12. The van der Waals surface area contributed by atoms with Gasteiger partial charge in [-0.15, -0.1) is 0 Å². The van der Waals surface area contributed by atoms with Gasteiger partial charge in [-0.3, -0.25) is 19.2 Å². The summed E-state index contributed by atoms with van der Waals surface area (Å²) in [6.07, 6.45) is 0.965. The van der Waals surface area contributed by atoms with Crippen molar-refractivity contribution < 1.29 is 38.1 Å². The lowest BCUT2D eigenvalue weighted by Crippen LogP contribution is -2.45. The molecule has 0 aromatic heterocycles. The Balaban J connectivity index is 1.07. The molecule has 4 amide bonds. The van der Waals surface area contributed by atoms with Gasteiger partial charge < -0.3 is 18.9 Å². The number of ether oxygens (including phenoxy) is 4. The van der Waals surface area contributed by atoms with Gasteiger partial charge in [0, 0.05) is 0 Å². The summed E-state index contributed by atoms with van der Waals surface area (Å²) in [6, 6.07) is 29.7. The zero-order chi connectivity index (χ0) is 37.3. The molecule has 13 rings (SSSR count). The fourth-order valence-electron chi connectivity index (χ4n) is 5.56. The van der Waals surface area contributed by atoms with Crippen LogP contribution < -0.4 is 21.7 Å². The van der Waals surface area contributed by atoms with E-state index in [9.17, 15) is 19.2 Å². The molecule has 0 radical (unpaired) electrons. The van der Waals surface area contributed by atoms with Crippen LogP contribution in [-0.4, -0.2) is 86.5 Å². The summed E-state index contributed by atoms with van der Waals surface area (Å²) in [6.45, 7) is -0.486. The van der Waals surface area contributed by atoms with Crippen LogP contribution in [0, 0.1) is 0 Å². The first-order chi connectivity index (χ1) is 26.4. The second-order valence-corrected chi connectivity index (χ2v) is 12.0. The minimum absolute atomic E-state index is 0.243. The molecule has 9 aliphatic rings. The number of carbonyl (C=O) groups excluding carboxylic acids is 4. The van der Waals surface area contributed by atoms with Gasteiger partial charge in [-0.2, -0.15) is 20.4 Å². The second-order valence-electron chi connectivity index (χ2n) is 12.0. The van der Waals surface area contributed by atoms with Gasteiger partial charge in [0.15, 0.2) is 24.4 Å². The Morgan fingerprint density at radius 3 is 0.759 bits per heavy atom. The zero-order valence-corrected chi connectivity index (χ0v) is 28.3. The fraction of sp³-hybridized carbons (Fsp3) is 0.158. The van der Waals surface area contributed by atoms with Crippen molar-refractivity contribution in [3.8, 4) is 22.3 Å². The van der Waals surface area contributed by atoms with Crippen molar-refractivity contribution in [3.63, 3.8) is 0 Å². The molecule has 8 bridgehead atoms. The Kier molecular flexibility index (Phi) is 11.1. The van der Waals surface area contributed by atoms with E-state index in [1.807, 2.05) is 97.1 Å². The van der Waals surface area contributed by atoms with Crippen molar-refractivity contribution >= 4 is 48.5 Å². The normalized spacial score (nSPS) is 23.3. The van der Waals surface area contributed by atoms with Crippen LogP contribution in [0.15, 0.2) is 117 Å². The van der Waals surface area contributed by atoms with Crippen LogP contribution in [0.1, 0.15) is 22.3 Å². The number of nitrogens with one attached hydrogen (secondary N) is 4. The average Bonchev–Trinajstić information content (AvgIpc) is 3.90. The molecule has 9 aliphatic heterocycles. The highest BCUT2D eigenvalue weighted by molar-refractivity contribution is 5.94. The van der Waals surface area contributed by atoms with Gasteiger partial charge in [-0.05, 0) is 44.5 Å². The Morgan fingerprint density at radius 2 is 0.556 bits per heavy atom. The van der Waals surface area contributed by atoms with Crippen LogP contribution in [0.4, 0.5) is 0 Å². The molecule has 9 heterocycles. The topological polar surface area (TPSA) is 203 Å². The number of benzene rings is 4. The maximum atomic E-state index is 12.8. The van der Waals surface area contributed by atoms with Crippen molar-refractivity contribution in [3.05, 3.63) is 119 Å². The zero-order valence-electron chi connectivity index (χ0n) is 28.3. The molecule has 54 heavy (non-hydrogen) atoms. The maximum absolute atomic E-state index is 12.8. The molecule has 0 spiro atoms. The fourth-order valence-corrected chi connectivity index (χ4v) is 5.56. The first-order valence-corrected chi connectivity index (χ1v) is 16.6. The minimum Gasteiger partial charge on any atom is -0.339 e. The quantitative estimate of drug-likeness (QED) is 0.211. The first-order valence-electron chi connectivity index (χ1n) is 16.6. The summed E-state index contributed by atoms with van der Waals surface area (Å²) >= 11 is 0. The second kappa shape index (κ2) is 16.7. The van der Waals surface area contributed by atoms with E-state index in [0.29, 0.717) is 22.3 Å². The van der Waals surface area contributed by atoms with E-state index in [4.69, 9.17) is 18.9 Å². The molecule has 16 nitrogen and oxygen atoms in total. The Bertz CT molecular complexity index is 1810. The molecule has 4 aromatic rings. The number of nitrogens with zero attached hydrogens (tertiary/aromatic N) is 4. The lowest BCUT2D eigenvalue weighted by Gasteiger charge is -2.13. The predicted octanol–water partition coefficient (Wildman–Crippen LogP) is 2.02. The van der Waals surface area contributed by atoms with Gasteiger partial charge >= 0.3 is 0 Å². The smallest absolute Gasteiger partial charge is 0.272 e. The molecular formula is C38H32N8O8. The van der Waals surface area contributed by atoms with E-state index in [2.05, 4.69) is 42.1 Å². The number of amides is 4. The molecule has 4 aromatic carbocycles. The third-order valence-electron chi connectivity index (χ3n) is 8.44. The summed E-state index contributed by atoms with van der Waals surface area (Å²) in [5.41, 5.74) is 16.1. The lowest BCUT2D eigenvalue weighted by molar-refractivity contribution is -0.137. The highest BCUT2D eigenvalue weighted by Crippen LogP contribution is 2.22.